The van der Waals surface area contributed by atoms with E-state index in [-0.39, 0.29) is 0 Å². The normalized spacial score (nSPS) is 34.1. The van der Waals surface area contributed by atoms with Crippen LogP contribution in [0.2, 0.25) is 0 Å². The molecule has 1 aliphatic heterocycles. The number of hydrogen-bond donors (Lipinski definition) is 2. The third kappa shape index (κ3) is 1.55. The molecule has 0 amide bonds. The second-order valence-electron chi connectivity index (χ2n) is 3.51. The molecule has 1 aliphatic carbocycles. The molecular formula is C8H16N2O. The van der Waals surface area contributed by atoms with Crippen LogP contribution in [0.5, 0.6) is 0 Å². The standard InChI is InChI=1S/C8H16N2O/c11-6-8-5-9-3-4-10(8)7-1-2-7/h7-9,11H,1-6H2/t8-/m1/s1. The first-order valence-electron chi connectivity index (χ1n) is 4.49. The summed E-state index contributed by atoms with van der Waals surface area (Å²) in [5.74, 6) is 0. The van der Waals surface area contributed by atoms with Gasteiger partial charge in [0.2, 0.25) is 0 Å². The first kappa shape index (κ1) is 7.53. The van der Waals surface area contributed by atoms with E-state index in [4.69, 9.17) is 5.11 Å². The molecule has 1 saturated carbocycles. The molecule has 2 rings (SSSR count). The van der Waals surface area contributed by atoms with Crippen molar-refractivity contribution in [3.05, 3.63) is 0 Å². The summed E-state index contributed by atoms with van der Waals surface area (Å²) in [4.78, 5) is 2.45. The van der Waals surface area contributed by atoms with Gasteiger partial charge in [-0.2, -0.15) is 0 Å². The maximum absolute atomic E-state index is 9.06. The summed E-state index contributed by atoms with van der Waals surface area (Å²) in [5.41, 5.74) is 0. The van der Waals surface area contributed by atoms with Gasteiger partial charge in [-0.1, -0.05) is 0 Å². The minimum atomic E-state index is 0.309. The van der Waals surface area contributed by atoms with E-state index in [1.54, 1.807) is 0 Å². The molecule has 3 heteroatoms. The number of nitrogens with one attached hydrogen (secondary N) is 1. The quantitative estimate of drug-likeness (QED) is 0.561. The predicted octanol–water partition coefficient (Wildman–Crippen LogP) is -0.585. The summed E-state index contributed by atoms with van der Waals surface area (Å²) in [6, 6.07) is 1.19. The van der Waals surface area contributed by atoms with Gasteiger partial charge in [-0.25, -0.2) is 0 Å². The van der Waals surface area contributed by atoms with E-state index >= 15 is 0 Å². The Labute approximate surface area is 67.4 Å². The molecule has 2 fully saturated rings. The lowest BCUT2D eigenvalue weighted by Crippen LogP contribution is -2.53. The highest BCUT2D eigenvalue weighted by Gasteiger charge is 2.34. The Morgan fingerprint density at radius 1 is 1.45 bits per heavy atom. The largest absolute Gasteiger partial charge is 0.395 e. The van der Waals surface area contributed by atoms with Crippen molar-refractivity contribution in [2.75, 3.05) is 26.2 Å². The number of piperazine rings is 1. The van der Waals surface area contributed by atoms with E-state index in [1.165, 1.54) is 12.8 Å². The molecule has 0 aromatic heterocycles. The van der Waals surface area contributed by atoms with E-state index in [2.05, 4.69) is 10.2 Å². The van der Waals surface area contributed by atoms with Crippen molar-refractivity contribution in [2.24, 2.45) is 0 Å². The third-order valence-electron chi connectivity index (χ3n) is 2.62. The molecule has 0 aromatic carbocycles. The zero-order chi connectivity index (χ0) is 7.68. The Bertz CT molecular complexity index is 136. The fourth-order valence-corrected chi connectivity index (χ4v) is 1.83. The maximum atomic E-state index is 9.06. The van der Waals surface area contributed by atoms with Crippen molar-refractivity contribution < 1.29 is 5.11 Å². The van der Waals surface area contributed by atoms with Crippen LogP contribution in [0.4, 0.5) is 0 Å². The molecule has 1 atom stereocenters. The molecule has 1 saturated heterocycles. The molecule has 3 nitrogen and oxygen atoms in total. The van der Waals surface area contributed by atoms with Crippen LogP contribution >= 0.6 is 0 Å². The average molecular weight is 156 g/mol. The number of aliphatic hydroxyl groups is 1. The number of hydrogen-bond acceptors (Lipinski definition) is 3. The molecule has 0 radical (unpaired) electrons. The van der Waals surface area contributed by atoms with Gasteiger partial charge in [-0.3, -0.25) is 4.90 Å². The highest BCUT2D eigenvalue weighted by Crippen LogP contribution is 2.28. The van der Waals surface area contributed by atoms with Gasteiger partial charge >= 0.3 is 0 Å². The highest BCUT2D eigenvalue weighted by molar-refractivity contribution is 4.91. The molecule has 0 bridgehead atoms. The Kier molecular flexibility index (Phi) is 2.11. The van der Waals surface area contributed by atoms with Crippen molar-refractivity contribution in [2.45, 2.75) is 24.9 Å². The van der Waals surface area contributed by atoms with Crippen molar-refractivity contribution in [3.8, 4) is 0 Å². The first-order valence-corrected chi connectivity index (χ1v) is 4.49. The van der Waals surface area contributed by atoms with Crippen LogP contribution in [0, 0.1) is 0 Å². The van der Waals surface area contributed by atoms with Crippen LogP contribution in [0.25, 0.3) is 0 Å². The smallest absolute Gasteiger partial charge is 0.0599 e. The van der Waals surface area contributed by atoms with E-state index in [1.807, 2.05) is 0 Å². The summed E-state index contributed by atoms with van der Waals surface area (Å²) >= 11 is 0. The van der Waals surface area contributed by atoms with Gasteiger partial charge < -0.3 is 10.4 Å². The van der Waals surface area contributed by atoms with Crippen LogP contribution in [0.15, 0.2) is 0 Å². The summed E-state index contributed by atoms with van der Waals surface area (Å²) in [6.45, 7) is 3.49. The van der Waals surface area contributed by atoms with Gasteiger partial charge in [-0.15, -0.1) is 0 Å². The van der Waals surface area contributed by atoms with Gasteiger partial charge in [-0.05, 0) is 12.8 Å². The average Bonchev–Trinajstić information content (AvgIpc) is 2.87. The topological polar surface area (TPSA) is 35.5 Å². The first-order chi connectivity index (χ1) is 5.42. The zero-order valence-electron chi connectivity index (χ0n) is 6.79. The van der Waals surface area contributed by atoms with Crippen LogP contribution in [-0.2, 0) is 0 Å². The number of rotatable bonds is 2. The second-order valence-corrected chi connectivity index (χ2v) is 3.51. The second kappa shape index (κ2) is 3.09. The molecule has 1 heterocycles. The van der Waals surface area contributed by atoms with Gasteiger partial charge in [0.15, 0.2) is 0 Å². The third-order valence-corrected chi connectivity index (χ3v) is 2.62. The summed E-state index contributed by atoms with van der Waals surface area (Å²) in [6.07, 6.45) is 2.69. The van der Waals surface area contributed by atoms with E-state index in [0.717, 1.165) is 25.7 Å². The van der Waals surface area contributed by atoms with Gasteiger partial charge in [0.25, 0.3) is 0 Å². The van der Waals surface area contributed by atoms with Crippen molar-refractivity contribution in [1.29, 1.82) is 0 Å². The van der Waals surface area contributed by atoms with Crippen LogP contribution in [-0.4, -0.2) is 48.3 Å². The molecule has 2 N–H and O–H groups in total. The Morgan fingerprint density at radius 2 is 2.27 bits per heavy atom. The molecule has 0 unspecified atom stereocenters. The summed E-state index contributed by atoms with van der Waals surface area (Å²) < 4.78 is 0. The van der Waals surface area contributed by atoms with Gasteiger partial charge in [0, 0.05) is 31.7 Å². The molecule has 0 spiro atoms. The fourth-order valence-electron chi connectivity index (χ4n) is 1.83. The molecular weight excluding hydrogens is 140 g/mol. The van der Waals surface area contributed by atoms with E-state index in [9.17, 15) is 0 Å². The van der Waals surface area contributed by atoms with Gasteiger partial charge in [0.1, 0.15) is 0 Å². The SMILES string of the molecule is OC[C@H]1CNCCN1C1CC1. The lowest BCUT2D eigenvalue weighted by atomic mass is 10.2. The lowest BCUT2D eigenvalue weighted by Gasteiger charge is -2.35. The molecule has 2 aliphatic rings. The lowest BCUT2D eigenvalue weighted by molar-refractivity contribution is 0.0940. The minimum absolute atomic E-state index is 0.309. The number of aliphatic hydroxyl groups excluding tert-OH is 1. The Morgan fingerprint density at radius 3 is 2.91 bits per heavy atom. The monoisotopic (exact) mass is 156 g/mol. The fraction of sp³-hybridized carbons (Fsp3) is 1.00. The summed E-state index contributed by atoms with van der Waals surface area (Å²) in [5, 5.41) is 12.4. The van der Waals surface area contributed by atoms with Crippen molar-refractivity contribution in [1.82, 2.24) is 10.2 Å². The highest BCUT2D eigenvalue weighted by atomic mass is 16.3. The Hall–Kier alpha value is -0.120. The van der Waals surface area contributed by atoms with E-state index in [0.29, 0.717) is 12.6 Å². The van der Waals surface area contributed by atoms with Gasteiger partial charge in [0.05, 0.1) is 6.61 Å². The maximum Gasteiger partial charge on any atom is 0.0599 e. The predicted molar refractivity (Wildman–Crippen MR) is 43.5 cm³/mol. The van der Waals surface area contributed by atoms with Crippen LogP contribution in [0.1, 0.15) is 12.8 Å². The summed E-state index contributed by atoms with van der Waals surface area (Å²) in [7, 11) is 0. The van der Waals surface area contributed by atoms with Crippen molar-refractivity contribution >= 4 is 0 Å². The number of nitrogens with zero attached hydrogens (tertiary/aromatic N) is 1. The minimum Gasteiger partial charge on any atom is -0.395 e. The zero-order valence-corrected chi connectivity index (χ0v) is 6.79. The van der Waals surface area contributed by atoms with Crippen LogP contribution in [0.3, 0.4) is 0 Å². The Balaban J connectivity index is 1.91. The van der Waals surface area contributed by atoms with E-state index < -0.39 is 0 Å². The van der Waals surface area contributed by atoms with Crippen molar-refractivity contribution in [3.63, 3.8) is 0 Å². The molecule has 0 aromatic rings. The molecule has 11 heavy (non-hydrogen) atoms. The molecule has 64 valence electrons. The van der Waals surface area contributed by atoms with Crippen LogP contribution < -0.4 is 5.32 Å².